The monoisotopic (exact) mass is 347 g/mol. The van der Waals surface area contributed by atoms with Gasteiger partial charge in [-0.15, -0.1) is 0 Å². The van der Waals surface area contributed by atoms with Crippen LogP contribution in [0.2, 0.25) is 0 Å². The first-order valence-corrected chi connectivity index (χ1v) is 8.99. The minimum Gasteiger partial charge on any atom is -0.444 e. The van der Waals surface area contributed by atoms with Gasteiger partial charge in [0.05, 0.1) is 30.9 Å². The van der Waals surface area contributed by atoms with E-state index in [2.05, 4.69) is 19.9 Å². The molecule has 138 valence electrons. The topological polar surface area (TPSA) is 59.0 Å². The maximum absolute atomic E-state index is 12.7. The molecule has 2 bridgehead atoms. The largest absolute Gasteiger partial charge is 0.444 e. The van der Waals surface area contributed by atoms with Gasteiger partial charge in [0.1, 0.15) is 5.60 Å². The molecule has 3 rings (SSSR count). The molecule has 1 aromatic rings. The fourth-order valence-electron chi connectivity index (χ4n) is 4.06. The van der Waals surface area contributed by atoms with Gasteiger partial charge in [0.25, 0.3) is 0 Å². The minimum atomic E-state index is -0.937. The average molecular weight is 347 g/mol. The van der Waals surface area contributed by atoms with Crippen molar-refractivity contribution in [2.45, 2.75) is 70.7 Å². The number of rotatable bonds is 1. The van der Waals surface area contributed by atoms with Crippen LogP contribution < -0.4 is 0 Å². The van der Waals surface area contributed by atoms with E-state index in [-0.39, 0.29) is 18.2 Å². The summed E-state index contributed by atoms with van der Waals surface area (Å²) in [5.41, 5.74) is 1.78. The Labute approximate surface area is 149 Å². The zero-order valence-electron chi connectivity index (χ0n) is 15.8. The summed E-state index contributed by atoms with van der Waals surface area (Å²) in [6, 6.07) is 5.70. The van der Waals surface area contributed by atoms with Crippen LogP contribution in [0.1, 0.15) is 50.3 Å². The van der Waals surface area contributed by atoms with E-state index in [1.807, 2.05) is 32.9 Å². The molecule has 0 spiro atoms. The first kappa shape index (κ1) is 18.2. The maximum Gasteiger partial charge on any atom is 0.410 e. The predicted molar refractivity (Wildman–Crippen MR) is 95.5 cm³/mol. The molecule has 0 saturated carbocycles. The molecule has 2 fully saturated rings. The van der Waals surface area contributed by atoms with Gasteiger partial charge in [-0.05, 0) is 51.3 Å². The molecular weight excluding hydrogens is 318 g/mol. The number of fused-ring (bicyclic) bond motifs is 2. The highest BCUT2D eigenvalue weighted by atomic mass is 16.6. The molecular formula is C20H29NO4. The normalized spacial score (nSPS) is 29.4. The summed E-state index contributed by atoms with van der Waals surface area (Å²) in [7, 11) is 0. The smallest absolute Gasteiger partial charge is 0.410 e. The summed E-state index contributed by atoms with van der Waals surface area (Å²) in [6.45, 7) is 10.6. The van der Waals surface area contributed by atoms with Crippen LogP contribution in [0.4, 0.5) is 4.79 Å². The van der Waals surface area contributed by atoms with Gasteiger partial charge >= 0.3 is 6.09 Å². The fourth-order valence-corrected chi connectivity index (χ4v) is 4.06. The number of benzene rings is 1. The number of amides is 1. The summed E-state index contributed by atoms with van der Waals surface area (Å²) < 4.78 is 11.2. The van der Waals surface area contributed by atoms with E-state index in [1.54, 1.807) is 4.90 Å². The number of ether oxygens (including phenoxy) is 2. The van der Waals surface area contributed by atoms with Crippen LogP contribution in [0.3, 0.4) is 0 Å². The second-order valence-corrected chi connectivity index (χ2v) is 8.42. The Morgan fingerprint density at radius 2 is 1.84 bits per heavy atom. The number of carbonyl (C=O) groups excluding carboxylic acids is 1. The van der Waals surface area contributed by atoms with Crippen molar-refractivity contribution in [1.82, 2.24) is 4.90 Å². The zero-order chi connectivity index (χ0) is 18.4. The highest BCUT2D eigenvalue weighted by molar-refractivity contribution is 5.69. The van der Waals surface area contributed by atoms with E-state index in [4.69, 9.17) is 9.47 Å². The van der Waals surface area contributed by atoms with Crippen LogP contribution in [0.25, 0.3) is 0 Å². The molecule has 5 nitrogen and oxygen atoms in total. The third kappa shape index (κ3) is 3.53. The van der Waals surface area contributed by atoms with E-state index >= 15 is 0 Å². The van der Waals surface area contributed by atoms with Crippen LogP contribution in [-0.2, 0) is 15.1 Å². The average Bonchev–Trinajstić information content (AvgIpc) is 2.47. The third-order valence-electron chi connectivity index (χ3n) is 5.26. The van der Waals surface area contributed by atoms with Gasteiger partial charge < -0.3 is 14.6 Å². The van der Waals surface area contributed by atoms with Crippen molar-refractivity contribution in [2.24, 2.45) is 0 Å². The molecule has 0 aliphatic carbocycles. The Hall–Kier alpha value is -1.59. The number of morpholine rings is 1. The van der Waals surface area contributed by atoms with Gasteiger partial charge in [-0.2, -0.15) is 0 Å². The molecule has 2 saturated heterocycles. The van der Waals surface area contributed by atoms with Crippen LogP contribution in [-0.4, -0.2) is 47.0 Å². The Morgan fingerprint density at radius 3 is 2.40 bits per heavy atom. The van der Waals surface area contributed by atoms with Crippen molar-refractivity contribution in [3.63, 3.8) is 0 Å². The summed E-state index contributed by atoms with van der Waals surface area (Å²) in [5, 5.41) is 11.5. The van der Waals surface area contributed by atoms with Crippen LogP contribution in [0, 0.1) is 13.8 Å². The van der Waals surface area contributed by atoms with Crippen molar-refractivity contribution >= 4 is 6.09 Å². The van der Waals surface area contributed by atoms with Gasteiger partial charge in [0.2, 0.25) is 0 Å². The van der Waals surface area contributed by atoms with E-state index < -0.39 is 11.2 Å². The molecule has 1 amide bonds. The molecule has 2 unspecified atom stereocenters. The van der Waals surface area contributed by atoms with Crippen LogP contribution in [0.5, 0.6) is 0 Å². The molecule has 2 aliphatic rings. The lowest BCUT2D eigenvalue weighted by Crippen LogP contribution is -2.63. The lowest BCUT2D eigenvalue weighted by atomic mass is 9.75. The first-order valence-electron chi connectivity index (χ1n) is 8.99. The van der Waals surface area contributed by atoms with E-state index in [1.165, 1.54) is 5.56 Å². The van der Waals surface area contributed by atoms with Gasteiger partial charge in [0.15, 0.2) is 0 Å². The lowest BCUT2D eigenvalue weighted by molar-refractivity contribution is -0.141. The predicted octanol–water partition coefficient (Wildman–Crippen LogP) is 3.29. The molecule has 0 radical (unpaired) electrons. The first-order chi connectivity index (χ1) is 11.6. The van der Waals surface area contributed by atoms with Crippen molar-refractivity contribution < 1.29 is 19.4 Å². The third-order valence-corrected chi connectivity index (χ3v) is 5.26. The van der Waals surface area contributed by atoms with Gasteiger partial charge in [-0.3, -0.25) is 4.90 Å². The summed E-state index contributed by atoms with van der Waals surface area (Å²) in [4.78, 5) is 14.4. The number of hydrogen-bond acceptors (Lipinski definition) is 4. The molecule has 5 heteroatoms. The molecule has 2 heterocycles. The highest BCUT2D eigenvalue weighted by Crippen LogP contribution is 2.42. The standard InChI is InChI=1S/C20H29NO4/c1-13-7-6-8-17(14(13)2)20(23)9-15-11-24-12-16(10-20)21(15)18(22)25-19(3,4)5/h6-8,15-16,23H,9-12H2,1-5H3. The number of carbonyl (C=O) groups is 1. The van der Waals surface area contributed by atoms with Crippen molar-refractivity contribution in [2.75, 3.05) is 13.2 Å². The number of aryl methyl sites for hydroxylation is 1. The summed E-state index contributed by atoms with van der Waals surface area (Å²) in [5.74, 6) is 0. The maximum atomic E-state index is 12.7. The lowest BCUT2D eigenvalue weighted by Gasteiger charge is -2.51. The van der Waals surface area contributed by atoms with E-state index in [0.29, 0.717) is 26.1 Å². The second-order valence-electron chi connectivity index (χ2n) is 8.42. The number of nitrogens with zero attached hydrogens (tertiary/aromatic N) is 1. The van der Waals surface area contributed by atoms with Gasteiger partial charge in [0, 0.05) is 12.8 Å². The molecule has 0 aromatic heterocycles. The number of aliphatic hydroxyl groups is 1. The van der Waals surface area contributed by atoms with Crippen molar-refractivity contribution in [1.29, 1.82) is 0 Å². The summed E-state index contributed by atoms with van der Waals surface area (Å²) >= 11 is 0. The minimum absolute atomic E-state index is 0.174. The molecule has 1 aromatic carbocycles. The second kappa shape index (κ2) is 6.29. The zero-order valence-corrected chi connectivity index (χ0v) is 15.8. The molecule has 2 atom stereocenters. The number of piperidine rings is 1. The van der Waals surface area contributed by atoms with Crippen LogP contribution >= 0.6 is 0 Å². The highest BCUT2D eigenvalue weighted by Gasteiger charge is 2.50. The van der Waals surface area contributed by atoms with Gasteiger partial charge in [-0.25, -0.2) is 4.79 Å². The van der Waals surface area contributed by atoms with E-state index in [9.17, 15) is 9.90 Å². The number of hydrogen-bond donors (Lipinski definition) is 1. The van der Waals surface area contributed by atoms with E-state index in [0.717, 1.165) is 11.1 Å². The Balaban J connectivity index is 1.88. The Bertz CT molecular complexity index is 650. The molecule has 25 heavy (non-hydrogen) atoms. The molecule has 1 N–H and O–H groups in total. The fraction of sp³-hybridized carbons (Fsp3) is 0.650. The van der Waals surface area contributed by atoms with Gasteiger partial charge in [-0.1, -0.05) is 18.2 Å². The SMILES string of the molecule is Cc1cccc(C2(O)CC3COCC(C2)N3C(=O)OC(C)(C)C)c1C. The quantitative estimate of drug-likeness (QED) is 0.847. The van der Waals surface area contributed by atoms with Crippen LogP contribution in [0.15, 0.2) is 18.2 Å². The van der Waals surface area contributed by atoms with Crippen molar-refractivity contribution in [3.8, 4) is 0 Å². The molecule has 2 aliphatic heterocycles. The Kier molecular flexibility index (Phi) is 4.58. The Morgan fingerprint density at radius 1 is 1.24 bits per heavy atom. The summed E-state index contributed by atoms with van der Waals surface area (Å²) in [6.07, 6.45) is 0.619. The van der Waals surface area contributed by atoms with Crippen molar-refractivity contribution in [3.05, 3.63) is 34.9 Å².